The van der Waals surface area contributed by atoms with Gasteiger partial charge in [0, 0.05) is 6.08 Å². The zero-order valence-corrected chi connectivity index (χ0v) is 13.1. The van der Waals surface area contributed by atoms with Gasteiger partial charge in [0.2, 0.25) is 0 Å². The first-order valence-corrected chi connectivity index (χ1v) is 7.14. The Labute approximate surface area is 139 Å². The van der Waals surface area contributed by atoms with Gasteiger partial charge in [0.25, 0.3) is 0 Å². The fourth-order valence-corrected chi connectivity index (χ4v) is 1.89. The number of esters is 2. The maximum atomic E-state index is 11.7. The highest BCUT2D eigenvalue weighted by atomic mass is 16.5. The third-order valence-corrected chi connectivity index (χ3v) is 3.21. The number of hydrogen-bond donors (Lipinski definition) is 0. The molecule has 0 bridgehead atoms. The van der Waals surface area contributed by atoms with Crippen molar-refractivity contribution in [1.29, 1.82) is 5.26 Å². The highest BCUT2D eigenvalue weighted by molar-refractivity contribution is 5.89. The highest BCUT2D eigenvalue weighted by Crippen LogP contribution is 2.08. The third-order valence-electron chi connectivity index (χ3n) is 3.21. The predicted octanol–water partition coefficient (Wildman–Crippen LogP) is 3.10. The van der Waals surface area contributed by atoms with Crippen LogP contribution < -0.4 is 0 Å². The lowest BCUT2D eigenvalue weighted by molar-refractivity contribution is -0.138. The second-order valence-electron chi connectivity index (χ2n) is 4.86. The van der Waals surface area contributed by atoms with Crippen LogP contribution in [0.15, 0.2) is 54.6 Å². The van der Waals surface area contributed by atoms with Gasteiger partial charge in [-0.15, -0.1) is 0 Å². The van der Waals surface area contributed by atoms with Crippen molar-refractivity contribution in [3.63, 3.8) is 0 Å². The molecule has 0 spiro atoms. The maximum Gasteiger partial charge on any atom is 0.337 e. The summed E-state index contributed by atoms with van der Waals surface area (Å²) in [5.74, 6) is -0.889. The molecule has 2 aromatic carbocycles. The van der Waals surface area contributed by atoms with E-state index in [-0.39, 0.29) is 6.61 Å². The van der Waals surface area contributed by atoms with Crippen molar-refractivity contribution in [2.45, 2.75) is 6.61 Å². The van der Waals surface area contributed by atoms with E-state index < -0.39 is 11.9 Å². The number of ether oxygens (including phenoxy) is 2. The fraction of sp³-hybridized carbons (Fsp3) is 0.105. The minimum Gasteiger partial charge on any atom is -0.465 e. The Balaban J connectivity index is 1.87. The SMILES string of the molecule is COC(=O)c1ccc(COC(=O)/C=C/c2ccc(C#N)cc2)cc1. The summed E-state index contributed by atoms with van der Waals surface area (Å²) < 4.78 is 9.74. The Morgan fingerprint density at radius 2 is 1.75 bits per heavy atom. The molecule has 0 aromatic heterocycles. The van der Waals surface area contributed by atoms with E-state index in [0.29, 0.717) is 11.1 Å². The predicted molar refractivity (Wildman–Crippen MR) is 87.8 cm³/mol. The second kappa shape index (κ2) is 8.30. The van der Waals surface area contributed by atoms with E-state index in [0.717, 1.165) is 11.1 Å². The number of rotatable bonds is 5. The van der Waals surface area contributed by atoms with Crippen molar-refractivity contribution in [2.24, 2.45) is 0 Å². The maximum absolute atomic E-state index is 11.7. The topological polar surface area (TPSA) is 76.4 Å². The first-order chi connectivity index (χ1) is 11.6. The molecule has 5 nitrogen and oxygen atoms in total. The van der Waals surface area contributed by atoms with Crippen LogP contribution in [-0.2, 0) is 20.9 Å². The average Bonchev–Trinajstić information content (AvgIpc) is 2.64. The molecule has 0 fully saturated rings. The minimum atomic E-state index is -0.476. The van der Waals surface area contributed by atoms with Crippen LogP contribution in [0, 0.1) is 11.3 Å². The highest BCUT2D eigenvalue weighted by Gasteiger charge is 2.05. The van der Waals surface area contributed by atoms with Crippen molar-refractivity contribution in [3.8, 4) is 6.07 Å². The van der Waals surface area contributed by atoms with Gasteiger partial charge < -0.3 is 9.47 Å². The standard InChI is InChI=1S/C19H15NO4/c1-23-19(22)17-9-6-16(7-10-17)13-24-18(21)11-8-14-2-4-15(12-20)5-3-14/h2-11H,13H2,1H3/b11-8+. The normalized spacial score (nSPS) is 10.2. The van der Waals surface area contributed by atoms with Crippen LogP contribution in [0.4, 0.5) is 0 Å². The first-order valence-electron chi connectivity index (χ1n) is 7.14. The van der Waals surface area contributed by atoms with E-state index in [1.807, 2.05) is 6.07 Å². The molecule has 5 heteroatoms. The van der Waals surface area contributed by atoms with Crippen LogP contribution in [0.5, 0.6) is 0 Å². The molecule has 0 amide bonds. The molecule has 2 aromatic rings. The molecule has 2 rings (SSSR count). The third kappa shape index (κ3) is 4.82. The Morgan fingerprint density at radius 1 is 1.08 bits per heavy atom. The summed E-state index contributed by atoms with van der Waals surface area (Å²) >= 11 is 0. The van der Waals surface area contributed by atoms with E-state index >= 15 is 0 Å². The van der Waals surface area contributed by atoms with Crippen LogP contribution in [-0.4, -0.2) is 19.0 Å². The van der Waals surface area contributed by atoms with Gasteiger partial charge in [-0.1, -0.05) is 24.3 Å². The van der Waals surface area contributed by atoms with E-state index in [4.69, 9.17) is 10.00 Å². The summed E-state index contributed by atoms with van der Waals surface area (Å²) in [5, 5.41) is 8.72. The van der Waals surface area contributed by atoms with Gasteiger partial charge >= 0.3 is 11.9 Å². The molecule has 0 atom stereocenters. The molecule has 0 aliphatic heterocycles. The summed E-state index contributed by atoms with van der Waals surface area (Å²) in [4.78, 5) is 23.0. The quantitative estimate of drug-likeness (QED) is 0.625. The molecule has 120 valence electrons. The molecular weight excluding hydrogens is 306 g/mol. The molecule has 0 aliphatic rings. The Kier molecular flexibility index (Phi) is 5.87. The van der Waals surface area contributed by atoms with Crippen molar-refractivity contribution in [3.05, 3.63) is 76.9 Å². The molecule has 0 N–H and O–H groups in total. The van der Waals surface area contributed by atoms with E-state index in [9.17, 15) is 9.59 Å². The summed E-state index contributed by atoms with van der Waals surface area (Å²) in [5.41, 5.74) is 2.56. The number of hydrogen-bond acceptors (Lipinski definition) is 5. The van der Waals surface area contributed by atoms with Crippen molar-refractivity contribution in [2.75, 3.05) is 7.11 Å². The molecule has 0 radical (unpaired) electrons. The molecule has 0 heterocycles. The lowest BCUT2D eigenvalue weighted by Gasteiger charge is -2.04. The lowest BCUT2D eigenvalue weighted by atomic mass is 10.1. The van der Waals surface area contributed by atoms with Crippen LogP contribution in [0.25, 0.3) is 6.08 Å². The van der Waals surface area contributed by atoms with Gasteiger partial charge in [0.1, 0.15) is 6.61 Å². The monoisotopic (exact) mass is 321 g/mol. The number of nitrogens with zero attached hydrogens (tertiary/aromatic N) is 1. The summed E-state index contributed by atoms with van der Waals surface area (Å²) in [6, 6.07) is 15.5. The van der Waals surface area contributed by atoms with Gasteiger partial charge in [-0.3, -0.25) is 0 Å². The number of nitriles is 1. The molecule has 0 saturated carbocycles. The summed E-state index contributed by atoms with van der Waals surface area (Å²) in [7, 11) is 1.32. The molecule has 0 aliphatic carbocycles. The van der Waals surface area contributed by atoms with Gasteiger partial charge in [0.15, 0.2) is 0 Å². The molecule has 0 unspecified atom stereocenters. The van der Waals surface area contributed by atoms with Crippen LogP contribution in [0.3, 0.4) is 0 Å². The van der Waals surface area contributed by atoms with Crippen LogP contribution >= 0.6 is 0 Å². The smallest absolute Gasteiger partial charge is 0.337 e. The summed E-state index contributed by atoms with van der Waals surface area (Å²) in [6.45, 7) is 0.109. The minimum absolute atomic E-state index is 0.109. The zero-order valence-electron chi connectivity index (χ0n) is 13.1. The largest absolute Gasteiger partial charge is 0.465 e. The average molecular weight is 321 g/mol. The number of carbonyl (C=O) groups excluding carboxylic acids is 2. The Bertz CT molecular complexity index is 784. The van der Waals surface area contributed by atoms with E-state index in [1.165, 1.54) is 13.2 Å². The molecule has 24 heavy (non-hydrogen) atoms. The van der Waals surface area contributed by atoms with E-state index in [2.05, 4.69) is 4.74 Å². The van der Waals surface area contributed by atoms with Crippen molar-refractivity contribution in [1.82, 2.24) is 0 Å². The Morgan fingerprint density at radius 3 is 2.33 bits per heavy atom. The number of benzene rings is 2. The Hall–Kier alpha value is -3.39. The van der Waals surface area contributed by atoms with E-state index in [1.54, 1.807) is 54.6 Å². The van der Waals surface area contributed by atoms with Gasteiger partial charge in [0.05, 0.1) is 24.3 Å². The first kappa shape index (κ1) is 17.0. The van der Waals surface area contributed by atoms with Gasteiger partial charge in [-0.2, -0.15) is 5.26 Å². The van der Waals surface area contributed by atoms with Crippen molar-refractivity contribution >= 4 is 18.0 Å². The van der Waals surface area contributed by atoms with Crippen molar-refractivity contribution < 1.29 is 19.1 Å². The number of methoxy groups -OCH3 is 1. The van der Waals surface area contributed by atoms with Crippen LogP contribution in [0.1, 0.15) is 27.0 Å². The van der Waals surface area contributed by atoms with Crippen LogP contribution in [0.2, 0.25) is 0 Å². The second-order valence-corrected chi connectivity index (χ2v) is 4.86. The number of carbonyl (C=O) groups is 2. The fourth-order valence-electron chi connectivity index (χ4n) is 1.89. The lowest BCUT2D eigenvalue weighted by Crippen LogP contribution is -2.03. The van der Waals surface area contributed by atoms with Gasteiger partial charge in [-0.05, 0) is 41.5 Å². The van der Waals surface area contributed by atoms with Gasteiger partial charge in [-0.25, -0.2) is 9.59 Å². The zero-order chi connectivity index (χ0) is 17.4. The summed E-state index contributed by atoms with van der Waals surface area (Å²) in [6.07, 6.45) is 2.94. The molecule has 0 saturated heterocycles. The molecular formula is C19H15NO4.